The van der Waals surface area contributed by atoms with Crippen LogP contribution in [-0.2, 0) is 11.3 Å². The third-order valence-electron chi connectivity index (χ3n) is 5.59. The predicted molar refractivity (Wildman–Crippen MR) is 131 cm³/mol. The highest BCUT2D eigenvalue weighted by Gasteiger charge is 2.22. The van der Waals surface area contributed by atoms with Gasteiger partial charge in [0.05, 0.1) is 5.69 Å². The van der Waals surface area contributed by atoms with Crippen molar-refractivity contribution >= 4 is 33.8 Å². The third-order valence-corrected chi connectivity index (χ3v) is 6.78. The fraction of sp³-hybridized carbons (Fsp3) is 0.250. The maximum atomic E-state index is 12.6. The summed E-state index contributed by atoms with van der Waals surface area (Å²) in [4.78, 5) is 34.3. The van der Waals surface area contributed by atoms with E-state index in [1.807, 2.05) is 53.4 Å². The van der Waals surface area contributed by atoms with Gasteiger partial charge in [0.15, 0.2) is 6.61 Å². The highest BCUT2D eigenvalue weighted by atomic mass is 35.5. The van der Waals surface area contributed by atoms with E-state index in [0.29, 0.717) is 59.2 Å². The lowest BCUT2D eigenvalue weighted by Gasteiger charge is -2.34. The van der Waals surface area contributed by atoms with E-state index in [2.05, 4.69) is 15.0 Å². The summed E-state index contributed by atoms with van der Waals surface area (Å²) in [5.41, 5.74) is 1.33. The minimum atomic E-state index is -0.212. The molecule has 0 bridgehead atoms. The van der Waals surface area contributed by atoms with E-state index in [9.17, 15) is 9.59 Å². The Labute approximate surface area is 205 Å². The zero-order valence-corrected chi connectivity index (χ0v) is 19.8. The molecular weight excluding hydrogens is 474 g/mol. The second-order valence-corrected chi connectivity index (χ2v) is 9.35. The lowest BCUT2D eigenvalue weighted by molar-refractivity contribution is -0.135. The van der Waals surface area contributed by atoms with Gasteiger partial charge in [-0.15, -0.1) is 0 Å². The van der Waals surface area contributed by atoms with Crippen LogP contribution in [0, 0.1) is 0 Å². The van der Waals surface area contributed by atoms with Crippen molar-refractivity contribution in [2.45, 2.75) is 6.54 Å². The van der Waals surface area contributed by atoms with E-state index in [0.717, 1.165) is 5.56 Å². The number of fused-ring (bicyclic) bond motifs is 1. The van der Waals surface area contributed by atoms with Crippen molar-refractivity contribution in [2.75, 3.05) is 32.8 Å². The number of hydrogen-bond donors (Lipinski definition) is 0. The van der Waals surface area contributed by atoms with Crippen molar-refractivity contribution in [3.63, 3.8) is 0 Å². The van der Waals surface area contributed by atoms with Gasteiger partial charge in [0.25, 0.3) is 11.5 Å². The highest BCUT2D eigenvalue weighted by Crippen LogP contribution is 2.26. The van der Waals surface area contributed by atoms with Crippen LogP contribution in [0.25, 0.3) is 15.5 Å². The first-order valence-corrected chi connectivity index (χ1v) is 12.1. The summed E-state index contributed by atoms with van der Waals surface area (Å²) in [6, 6.07) is 18.2. The third kappa shape index (κ3) is 5.11. The number of halogens is 1. The molecule has 2 aromatic carbocycles. The summed E-state index contributed by atoms with van der Waals surface area (Å²) in [5, 5.41) is 5.71. The molecule has 8 nitrogen and oxygen atoms in total. The van der Waals surface area contributed by atoms with Crippen molar-refractivity contribution in [3.05, 3.63) is 81.7 Å². The Kier molecular flexibility index (Phi) is 6.57. The molecule has 1 aliphatic rings. The number of carbonyl (C=O) groups is 1. The first kappa shape index (κ1) is 22.5. The van der Waals surface area contributed by atoms with Crippen molar-refractivity contribution < 1.29 is 9.53 Å². The first-order chi connectivity index (χ1) is 16.5. The molecule has 3 heterocycles. The van der Waals surface area contributed by atoms with Crippen LogP contribution in [0.4, 0.5) is 0 Å². The molecule has 4 aromatic rings. The number of piperazine rings is 1. The molecule has 0 atom stereocenters. The number of rotatable bonds is 6. The van der Waals surface area contributed by atoms with Gasteiger partial charge in [-0.25, -0.2) is 4.98 Å². The van der Waals surface area contributed by atoms with E-state index in [1.165, 1.54) is 21.9 Å². The van der Waals surface area contributed by atoms with Gasteiger partial charge in [-0.05, 0) is 24.3 Å². The van der Waals surface area contributed by atoms with Crippen molar-refractivity contribution in [2.24, 2.45) is 0 Å². The normalized spacial score (nSPS) is 14.4. The minimum Gasteiger partial charge on any atom is -0.484 e. The molecule has 5 rings (SSSR count). The topological polar surface area (TPSA) is 80.0 Å². The fourth-order valence-electron chi connectivity index (χ4n) is 3.81. The van der Waals surface area contributed by atoms with Crippen LogP contribution in [0.5, 0.6) is 5.75 Å². The number of para-hydroxylation sites is 1. The molecule has 0 unspecified atom stereocenters. The Balaban J connectivity index is 1.20. The SMILES string of the molecule is O=C(COc1ccccc1)N1CCN(Cc2cc(=O)n3nc(-c4cccc(Cl)c4)sc3n2)CC1. The molecule has 1 aliphatic heterocycles. The second kappa shape index (κ2) is 9.92. The van der Waals surface area contributed by atoms with Gasteiger partial charge in [-0.3, -0.25) is 14.5 Å². The van der Waals surface area contributed by atoms with Crippen molar-refractivity contribution in [3.8, 4) is 16.3 Å². The Morgan fingerprint density at radius 3 is 2.59 bits per heavy atom. The molecule has 0 radical (unpaired) electrons. The van der Waals surface area contributed by atoms with Crippen molar-refractivity contribution in [1.82, 2.24) is 24.4 Å². The smallest absolute Gasteiger partial charge is 0.275 e. The largest absolute Gasteiger partial charge is 0.484 e. The van der Waals surface area contributed by atoms with Crippen LogP contribution in [0.3, 0.4) is 0 Å². The van der Waals surface area contributed by atoms with Gasteiger partial charge in [0.1, 0.15) is 10.8 Å². The highest BCUT2D eigenvalue weighted by molar-refractivity contribution is 7.19. The van der Waals surface area contributed by atoms with Gasteiger partial charge in [0.2, 0.25) is 4.96 Å². The number of hydrogen-bond acceptors (Lipinski definition) is 7. The molecule has 1 fully saturated rings. The lowest BCUT2D eigenvalue weighted by atomic mass is 10.2. The van der Waals surface area contributed by atoms with Crippen LogP contribution in [-0.4, -0.2) is 63.1 Å². The molecule has 0 aliphatic carbocycles. The number of ether oxygens (including phenoxy) is 1. The monoisotopic (exact) mass is 495 g/mol. The second-order valence-electron chi connectivity index (χ2n) is 7.96. The molecule has 0 saturated carbocycles. The Bertz CT molecular complexity index is 1370. The molecule has 34 heavy (non-hydrogen) atoms. The van der Waals surface area contributed by atoms with E-state index in [1.54, 1.807) is 6.07 Å². The van der Waals surface area contributed by atoms with Crippen LogP contribution in [0.15, 0.2) is 65.5 Å². The molecular formula is C24H22ClN5O3S. The molecule has 174 valence electrons. The Hall–Kier alpha value is -3.27. The van der Waals surface area contributed by atoms with Gasteiger partial charge < -0.3 is 9.64 Å². The number of benzene rings is 2. The maximum Gasteiger partial charge on any atom is 0.275 e. The van der Waals surface area contributed by atoms with Gasteiger partial charge >= 0.3 is 0 Å². The van der Waals surface area contributed by atoms with E-state index >= 15 is 0 Å². The Morgan fingerprint density at radius 1 is 1.03 bits per heavy atom. The summed E-state index contributed by atoms with van der Waals surface area (Å²) in [6.45, 7) is 3.19. The van der Waals surface area contributed by atoms with Gasteiger partial charge in [0, 0.05) is 49.4 Å². The minimum absolute atomic E-state index is 0.0271. The zero-order valence-electron chi connectivity index (χ0n) is 18.3. The number of nitrogens with zero attached hydrogens (tertiary/aromatic N) is 5. The Morgan fingerprint density at radius 2 is 1.82 bits per heavy atom. The van der Waals surface area contributed by atoms with Crippen molar-refractivity contribution in [1.29, 1.82) is 0 Å². The zero-order chi connectivity index (χ0) is 23.5. The van der Waals surface area contributed by atoms with Crippen LogP contribution in [0.2, 0.25) is 5.02 Å². The maximum absolute atomic E-state index is 12.6. The summed E-state index contributed by atoms with van der Waals surface area (Å²) < 4.78 is 6.90. The molecule has 0 spiro atoms. The summed E-state index contributed by atoms with van der Waals surface area (Å²) >= 11 is 7.44. The molecule has 10 heteroatoms. The number of amides is 1. The lowest BCUT2D eigenvalue weighted by Crippen LogP contribution is -2.49. The summed E-state index contributed by atoms with van der Waals surface area (Å²) in [7, 11) is 0. The molecule has 1 amide bonds. The quantitative estimate of drug-likeness (QED) is 0.408. The average Bonchev–Trinajstić information content (AvgIpc) is 3.29. The summed E-state index contributed by atoms with van der Waals surface area (Å²) in [5.74, 6) is 0.656. The fourth-order valence-corrected chi connectivity index (χ4v) is 4.92. The molecule has 2 aromatic heterocycles. The van der Waals surface area contributed by atoms with Crippen LogP contribution >= 0.6 is 22.9 Å². The van der Waals surface area contributed by atoms with Gasteiger partial charge in [-0.1, -0.05) is 53.3 Å². The number of carbonyl (C=O) groups excluding carboxylic acids is 1. The standard InChI is InChI=1S/C24H22ClN5O3S/c25-18-6-4-5-17(13-18)23-27-30-21(31)14-19(26-24(30)34-23)15-28-9-11-29(12-10-28)22(32)16-33-20-7-2-1-3-8-20/h1-8,13-14H,9-12,15-16H2. The first-order valence-electron chi connectivity index (χ1n) is 10.9. The van der Waals surface area contributed by atoms with E-state index in [4.69, 9.17) is 16.3 Å². The average molecular weight is 496 g/mol. The van der Waals surface area contributed by atoms with E-state index < -0.39 is 0 Å². The van der Waals surface area contributed by atoms with Gasteiger partial charge in [-0.2, -0.15) is 9.61 Å². The summed E-state index contributed by atoms with van der Waals surface area (Å²) in [6.07, 6.45) is 0. The van der Waals surface area contributed by atoms with Crippen LogP contribution < -0.4 is 10.3 Å². The molecule has 1 saturated heterocycles. The van der Waals surface area contributed by atoms with E-state index in [-0.39, 0.29) is 18.1 Å². The molecule has 0 N–H and O–H groups in total. The van der Waals surface area contributed by atoms with Crippen LogP contribution in [0.1, 0.15) is 5.69 Å². The predicted octanol–water partition coefficient (Wildman–Crippen LogP) is 3.19. The number of aromatic nitrogens is 3.